The highest BCUT2D eigenvalue weighted by atomic mass is 14.4. The van der Waals surface area contributed by atoms with Crippen LogP contribution in [0.2, 0.25) is 0 Å². The van der Waals surface area contributed by atoms with E-state index in [0.29, 0.717) is 0 Å². The summed E-state index contributed by atoms with van der Waals surface area (Å²) in [5, 5.41) is 15.6. The molecule has 0 aromatic heterocycles. The Labute approximate surface area is 526 Å². The highest BCUT2D eigenvalue weighted by Crippen LogP contribution is 2.56. The fourth-order valence-corrected chi connectivity index (χ4v) is 15.9. The van der Waals surface area contributed by atoms with Gasteiger partial charge in [0.1, 0.15) is 0 Å². The lowest BCUT2D eigenvalue weighted by Crippen LogP contribution is -2.15. The number of rotatable bonds is 6. The van der Waals surface area contributed by atoms with Gasteiger partial charge in [0.2, 0.25) is 0 Å². The monoisotopic (exact) mass is 1140 g/mol. The predicted octanol–water partition coefficient (Wildman–Crippen LogP) is 24.9. The lowest BCUT2D eigenvalue weighted by atomic mass is 9.80. The van der Waals surface area contributed by atoms with Crippen LogP contribution < -0.4 is 0 Å². The predicted molar refractivity (Wildman–Crippen MR) is 386 cm³/mol. The summed E-state index contributed by atoms with van der Waals surface area (Å²) in [7, 11) is 0. The molecule has 424 valence electrons. The minimum atomic E-state index is -0.0676. The van der Waals surface area contributed by atoms with Gasteiger partial charge in [-0.15, -0.1) is 0 Å². The molecule has 0 bridgehead atoms. The van der Waals surface area contributed by atoms with Crippen molar-refractivity contribution >= 4 is 64.6 Å². The second-order valence-corrected chi connectivity index (χ2v) is 25.8. The molecule has 0 heteroatoms. The summed E-state index contributed by atoms with van der Waals surface area (Å²) in [6.07, 6.45) is 0. The van der Waals surface area contributed by atoms with E-state index in [2.05, 4.69) is 343 Å². The van der Waals surface area contributed by atoms with Crippen molar-refractivity contribution in [2.75, 3.05) is 0 Å². The summed E-state index contributed by atoms with van der Waals surface area (Å²) in [4.78, 5) is 0. The van der Waals surface area contributed by atoms with E-state index in [1.165, 1.54) is 176 Å². The summed E-state index contributed by atoms with van der Waals surface area (Å²) in [5.74, 6) is 0. The topological polar surface area (TPSA) is 0 Å². The molecule has 0 radical (unpaired) electrons. The van der Waals surface area contributed by atoms with Crippen molar-refractivity contribution in [3.05, 3.63) is 338 Å². The minimum absolute atomic E-state index is 0.0506. The molecule has 90 heavy (non-hydrogen) atoms. The Morgan fingerprint density at radius 3 is 0.956 bits per heavy atom. The fourth-order valence-electron chi connectivity index (χ4n) is 15.9. The second kappa shape index (κ2) is 20.9. The van der Waals surface area contributed by atoms with E-state index in [9.17, 15) is 0 Å². The smallest absolute Gasteiger partial charge is 0.0165 e. The van der Waals surface area contributed by atoms with Gasteiger partial charge in [-0.25, -0.2) is 0 Å². The molecule has 16 aromatic rings. The summed E-state index contributed by atoms with van der Waals surface area (Å²) < 4.78 is 0. The van der Waals surface area contributed by atoms with Gasteiger partial charge >= 0.3 is 0 Å². The van der Waals surface area contributed by atoms with Gasteiger partial charge in [-0.1, -0.05) is 319 Å². The molecule has 0 spiro atoms. The fraction of sp³-hybridized carbons (Fsp3) is 0.0667. The van der Waals surface area contributed by atoms with Gasteiger partial charge < -0.3 is 0 Å². The maximum Gasteiger partial charge on any atom is 0.0165 e. The lowest BCUT2D eigenvalue weighted by molar-refractivity contribution is 0.661. The molecule has 0 amide bonds. The quantitative estimate of drug-likeness (QED) is 0.146. The lowest BCUT2D eigenvalue weighted by Gasteiger charge is -2.23. The van der Waals surface area contributed by atoms with Gasteiger partial charge in [-0.3, -0.25) is 0 Å². The molecule has 18 rings (SSSR count). The first kappa shape index (κ1) is 53.3. The number of hydrogen-bond acceptors (Lipinski definition) is 0. The van der Waals surface area contributed by atoms with Crippen LogP contribution in [0.4, 0.5) is 0 Å². The standard InChI is InChI=1S/2C45H32/c1-45(2)40-25-24-33(28-39(40)44-34-18-7-6-15-30(34)23-26-41(44)45)43-37-21-10-8-19-35(37)42(36-20-9-11-22-38(36)43)32-17-12-16-31(27-32)29-13-4-3-5-14-29;1-45(2)41-26-24-33(28-40(41)39-25-23-30-15-6-7-18-34(30)44(39)45)43-37-21-10-8-19-35(37)42(36-20-9-11-22-38(36)43)32-17-12-16-31(27-32)29-13-4-3-5-14-29/h2*3-28H,1-2H3. The van der Waals surface area contributed by atoms with Crippen LogP contribution in [0.5, 0.6) is 0 Å². The summed E-state index contributed by atoms with van der Waals surface area (Å²) in [6.45, 7) is 9.50. The third kappa shape index (κ3) is 8.36. The van der Waals surface area contributed by atoms with Gasteiger partial charge in [0, 0.05) is 10.8 Å². The molecule has 16 aromatic carbocycles. The van der Waals surface area contributed by atoms with Crippen LogP contribution in [0.3, 0.4) is 0 Å². The van der Waals surface area contributed by atoms with Crippen LogP contribution >= 0.6 is 0 Å². The van der Waals surface area contributed by atoms with Gasteiger partial charge in [0.05, 0.1) is 0 Å². The zero-order valence-corrected chi connectivity index (χ0v) is 51.0. The third-order valence-electron chi connectivity index (χ3n) is 20.1. The van der Waals surface area contributed by atoms with Crippen molar-refractivity contribution in [1.82, 2.24) is 0 Å². The first-order valence-corrected chi connectivity index (χ1v) is 31.7. The van der Waals surface area contributed by atoms with Crippen molar-refractivity contribution in [1.29, 1.82) is 0 Å². The SMILES string of the molecule is CC1(C)c2ccc(-c3c4ccccc4c(-c4cccc(-c5ccccc5)c4)c4ccccc34)cc2-c2c1ccc1ccccc21.CC1(C)c2ccc(-c3c4ccccc4c(-c4cccc(-c5ccccc5)c4)c4ccccc34)cc2-c2ccc3ccccc3c21. The second-order valence-electron chi connectivity index (χ2n) is 25.8. The first-order chi connectivity index (χ1) is 44.2. The van der Waals surface area contributed by atoms with Crippen molar-refractivity contribution in [3.8, 4) is 89.0 Å². The summed E-state index contributed by atoms with van der Waals surface area (Å²) in [6, 6.07) is 117. The van der Waals surface area contributed by atoms with Crippen molar-refractivity contribution in [2.24, 2.45) is 0 Å². The Morgan fingerprint density at radius 2 is 0.500 bits per heavy atom. The Balaban J connectivity index is 0.000000139. The largest absolute Gasteiger partial charge is 0.0622 e. The molecule has 0 saturated carbocycles. The van der Waals surface area contributed by atoms with Crippen molar-refractivity contribution in [2.45, 2.75) is 38.5 Å². The third-order valence-corrected chi connectivity index (χ3v) is 20.1. The minimum Gasteiger partial charge on any atom is -0.0622 e. The van der Waals surface area contributed by atoms with E-state index in [-0.39, 0.29) is 10.8 Å². The van der Waals surface area contributed by atoms with Crippen LogP contribution in [0, 0.1) is 0 Å². The van der Waals surface area contributed by atoms with Gasteiger partial charge in [-0.2, -0.15) is 0 Å². The highest BCUT2D eigenvalue weighted by Gasteiger charge is 2.38. The maximum atomic E-state index is 2.47. The van der Waals surface area contributed by atoms with Crippen LogP contribution in [0.25, 0.3) is 154 Å². The zero-order chi connectivity index (χ0) is 60.2. The van der Waals surface area contributed by atoms with Crippen LogP contribution in [-0.2, 0) is 10.8 Å². The first-order valence-electron chi connectivity index (χ1n) is 31.7. The number of benzene rings is 16. The Kier molecular flexibility index (Phi) is 12.4. The Hall–Kier alpha value is -10.9. The molecule has 2 aliphatic carbocycles. The van der Waals surface area contributed by atoms with Crippen LogP contribution in [0.1, 0.15) is 49.9 Å². The van der Waals surface area contributed by atoms with Gasteiger partial charge in [0.25, 0.3) is 0 Å². The summed E-state index contributed by atoms with van der Waals surface area (Å²) >= 11 is 0. The van der Waals surface area contributed by atoms with Crippen molar-refractivity contribution in [3.63, 3.8) is 0 Å². The molecule has 0 saturated heterocycles. The summed E-state index contributed by atoms with van der Waals surface area (Å²) in [5.41, 5.74) is 26.1. The van der Waals surface area contributed by atoms with E-state index in [1.54, 1.807) is 0 Å². The highest BCUT2D eigenvalue weighted by molar-refractivity contribution is 6.23. The average Bonchev–Trinajstić information content (AvgIpc) is 1.45. The van der Waals surface area contributed by atoms with Crippen LogP contribution in [-0.4, -0.2) is 0 Å². The molecule has 0 heterocycles. The Morgan fingerprint density at radius 1 is 0.178 bits per heavy atom. The molecular weight excluding hydrogens is 1080 g/mol. The van der Waals surface area contributed by atoms with E-state index < -0.39 is 0 Å². The van der Waals surface area contributed by atoms with Gasteiger partial charge in [-0.05, 0) is 200 Å². The molecule has 0 atom stereocenters. The van der Waals surface area contributed by atoms with E-state index in [1.807, 2.05) is 0 Å². The van der Waals surface area contributed by atoms with E-state index >= 15 is 0 Å². The zero-order valence-electron chi connectivity index (χ0n) is 51.0. The maximum absolute atomic E-state index is 2.47. The van der Waals surface area contributed by atoms with E-state index in [0.717, 1.165) is 0 Å². The molecule has 2 aliphatic rings. The molecule has 0 fully saturated rings. The van der Waals surface area contributed by atoms with E-state index in [4.69, 9.17) is 0 Å². The van der Waals surface area contributed by atoms with Crippen molar-refractivity contribution < 1.29 is 0 Å². The van der Waals surface area contributed by atoms with Crippen LogP contribution in [0.15, 0.2) is 315 Å². The molecule has 0 N–H and O–H groups in total. The normalized spacial score (nSPS) is 13.3. The molecule has 0 unspecified atom stereocenters. The molecule has 0 aliphatic heterocycles. The van der Waals surface area contributed by atoms with Gasteiger partial charge in [0.15, 0.2) is 0 Å². The number of fused-ring (bicyclic) bond motifs is 14. The Bertz CT molecular complexity index is 5470. The average molecular weight is 1150 g/mol. The molecular formula is C90H64. The number of hydrogen-bond donors (Lipinski definition) is 0. The molecule has 0 nitrogen and oxygen atoms in total.